The Morgan fingerprint density at radius 3 is 2.74 bits per heavy atom. The van der Waals surface area contributed by atoms with Gasteiger partial charge in [0, 0.05) is 12.3 Å². The third-order valence-corrected chi connectivity index (χ3v) is 7.67. The molecular formula is C19H22F3NO3S. The number of sulfone groups is 1. The number of hydrogen-bond acceptors (Lipinski definition) is 4. The smallest absolute Gasteiger partial charge is 0.374 e. The van der Waals surface area contributed by atoms with Crippen molar-refractivity contribution in [2.45, 2.75) is 55.0 Å². The first-order chi connectivity index (χ1) is 12.5. The Labute approximate surface area is 157 Å². The second-order valence-corrected chi connectivity index (χ2v) is 9.87. The summed E-state index contributed by atoms with van der Waals surface area (Å²) in [7, 11) is -3.61. The summed E-state index contributed by atoms with van der Waals surface area (Å²) >= 11 is 0. The first-order valence-electron chi connectivity index (χ1n) is 8.74. The fraction of sp³-hybridized carbons (Fsp3) is 0.526. The van der Waals surface area contributed by atoms with Gasteiger partial charge in [0.05, 0.1) is 28.7 Å². The predicted molar refractivity (Wildman–Crippen MR) is 96.8 cm³/mol. The third-order valence-electron chi connectivity index (χ3n) is 5.13. The molecule has 0 aromatic heterocycles. The number of alkyl halides is 3. The number of hydrogen-bond donors (Lipinski definition) is 0. The molecule has 27 heavy (non-hydrogen) atoms. The number of benzene rings is 1. The van der Waals surface area contributed by atoms with E-state index in [0.29, 0.717) is 12.0 Å². The van der Waals surface area contributed by atoms with E-state index in [0.717, 1.165) is 5.56 Å². The summed E-state index contributed by atoms with van der Waals surface area (Å²) in [5, 5.41) is 0. The average Bonchev–Trinajstić information content (AvgIpc) is 3.01. The van der Waals surface area contributed by atoms with Crippen LogP contribution in [0.2, 0.25) is 0 Å². The number of nitrogens with zero attached hydrogens (tertiary/aromatic N) is 1. The zero-order valence-corrected chi connectivity index (χ0v) is 16.0. The van der Waals surface area contributed by atoms with Crippen molar-refractivity contribution in [3.05, 3.63) is 41.5 Å². The minimum Gasteiger partial charge on any atom is -0.374 e. The van der Waals surface area contributed by atoms with E-state index in [1.807, 2.05) is 13.0 Å². The fourth-order valence-electron chi connectivity index (χ4n) is 3.52. The van der Waals surface area contributed by atoms with Crippen LogP contribution in [0.5, 0.6) is 0 Å². The van der Waals surface area contributed by atoms with Crippen LogP contribution in [-0.2, 0) is 14.6 Å². The van der Waals surface area contributed by atoms with Gasteiger partial charge < -0.3 is 4.74 Å². The SMILES string of the molecule is Cc1cccc(S(=O)(=O)C2(C)CCOC(C3=CC(CC(F)(F)F)=NC3)C2)c1. The van der Waals surface area contributed by atoms with Gasteiger partial charge >= 0.3 is 6.18 Å². The quantitative estimate of drug-likeness (QED) is 0.765. The second kappa shape index (κ2) is 7.05. The number of rotatable bonds is 4. The molecule has 2 aliphatic heterocycles. The molecule has 0 aliphatic carbocycles. The van der Waals surface area contributed by atoms with Crippen LogP contribution in [0.15, 0.2) is 45.8 Å². The molecule has 148 valence electrons. The molecule has 0 amide bonds. The Morgan fingerprint density at radius 1 is 1.33 bits per heavy atom. The van der Waals surface area contributed by atoms with Crippen LogP contribution < -0.4 is 0 Å². The highest BCUT2D eigenvalue weighted by Crippen LogP contribution is 2.39. The van der Waals surface area contributed by atoms with Gasteiger partial charge in [-0.15, -0.1) is 0 Å². The van der Waals surface area contributed by atoms with E-state index in [-0.39, 0.29) is 30.2 Å². The van der Waals surface area contributed by atoms with Gasteiger partial charge in [-0.3, -0.25) is 4.99 Å². The minimum atomic E-state index is -4.32. The van der Waals surface area contributed by atoms with Crippen LogP contribution in [-0.4, -0.2) is 44.3 Å². The van der Waals surface area contributed by atoms with E-state index < -0.39 is 33.3 Å². The van der Waals surface area contributed by atoms with Crippen molar-refractivity contribution in [2.75, 3.05) is 13.2 Å². The van der Waals surface area contributed by atoms with Crippen LogP contribution in [0.4, 0.5) is 13.2 Å². The fourth-order valence-corrected chi connectivity index (χ4v) is 5.42. The van der Waals surface area contributed by atoms with E-state index in [2.05, 4.69) is 4.99 Å². The van der Waals surface area contributed by atoms with Crippen molar-refractivity contribution < 1.29 is 26.3 Å². The summed E-state index contributed by atoms with van der Waals surface area (Å²) < 4.78 is 68.8. The van der Waals surface area contributed by atoms with Crippen LogP contribution in [0.25, 0.3) is 0 Å². The Kier molecular flexibility index (Phi) is 5.24. The molecule has 2 aliphatic rings. The molecule has 4 nitrogen and oxygen atoms in total. The van der Waals surface area contributed by atoms with Gasteiger partial charge in [-0.05, 0) is 56.0 Å². The monoisotopic (exact) mass is 401 g/mol. The molecule has 2 heterocycles. The second-order valence-electron chi connectivity index (χ2n) is 7.40. The molecule has 0 radical (unpaired) electrons. The first kappa shape index (κ1) is 20.1. The van der Waals surface area contributed by atoms with E-state index in [1.165, 1.54) is 6.08 Å². The molecule has 8 heteroatoms. The van der Waals surface area contributed by atoms with E-state index >= 15 is 0 Å². The molecule has 1 aromatic carbocycles. The van der Waals surface area contributed by atoms with Gasteiger partial charge in [0.1, 0.15) is 0 Å². The van der Waals surface area contributed by atoms with Crippen LogP contribution in [0.3, 0.4) is 0 Å². The molecule has 0 N–H and O–H groups in total. The maximum Gasteiger partial charge on any atom is 0.394 e. The van der Waals surface area contributed by atoms with Crippen molar-refractivity contribution >= 4 is 15.5 Å². The standard InChI is InChI=1S/C19H22F3NO3S/c1-13-4-3-5-16(8-13)27(24,25)18(2)6-7-26-17(11-18)14-9-15(23-12-14)10-19(20,21)22/h3-5,8-9,17H,6-7,10-12H2,1-2H3. The van der Waals surface area contributed by atoms with Crippen molar-refractivity contribution in [1.29, 1.82) is 0 Å². The molecule has 0 bridgehead atoms. The lowest BCUT2D eigenvalue weighted by molar-refractivity contribution is -0.121. The minimum absolute atomic E-state index is 0.0325. The Bertz CT molecular complexity index is 890. The molecule has 1 saturated heterocycles. The van der Waals surface area contributed by atoms with Gasteiger partial charge in [0.15, 0.2) is 9.84 Å². The van der Waals surface area contributed by atoms with Crippen LogP contribution in [0, 0.1) is 6.92 Å². The van der Waals surface area contributed by atoms with Gasteiger partial charge in [-0.2, -0.15) is 13.2 Å². The van der Waals surface area contributed by atoms with Crippen molar-refractivity contribution in [3.63, 3.8) is 0 Å². The molecular weight excluding hydrogens is 379 g/mol. The number of aliphatic imine (C=N–C) groups is 1. The molecule has 0 spiro atoms. The van der Waals surface area contributed by atoms with E-state index in [1.54, 1.807) is 25.1 Å². The van der Waals surface area contributed by atoms with Gasteiger partial charge in [-0.25, -0.2) is 8.42 Å². The zero-order valence-electron chi connectivity index (χ0n) is 15.2. The maximum atomic E-state index is 13.2. The summed E-state index contributed by atoms with van der Waals surface area (Å²) in [4.78, 5) is 4.20. The predicted octanol–water partition coefficient (Wildman–Crippen LogP) is 4.04. The van der Waals surface area contributed by atoms with Crippen molar-refractivity contribution in [2.24, 2.45) is 4.99 Å². The molecule has 1 fully saturated rings. The normalized spacial score (nSPS) is 26.6. The summed E-state index contributed by atoms with van der Waals surface area (Å²) in [5.41, 5.74) is 1.43. The summed E-state index contributed by atoms with van der Waals surface area (Å²) in [5.74, 6) is 0. The summed E-state index contributed by atoms with van der Waals surface area (Å²) in [6, 6.07) is 6.76. The molecule has 0 saturated carbocycles. The summed E-state index contributed by atoms with van der Waals surface area (Å²) in [6.45, 7) is 3.87. The molecule has 3 rings (SSSR count). The number of aryl methyl sites for hydroxylation is 1. The highest BCUT2D eigenvalue weighted by molar-refractivity contribution is 7.92. The number of ether oxygens (including phenoxy) is 1. The van der Waals surface area contributed by atoms with Crippen LogP contribution in [0.1, 0.15) is 31.7 Å². The van der Waals surface area contributed by atoms with Gasteiger partial charge in [0.2, 0.25) is 0 Å². The topological polar surface area (TPSA) is 55.7 Å². The lowest BCUT2D eigenvalue weighted by Crippen LogP contribution is -2.45. The van der Waals surface area contributed by atoms with Crippen molar-refractivity contribution in [1.82, 2.24) is 0 Å². The molecule has 1 aromatic rings. The first-order valence-corrected chi connectivity index (χ1v) is 10.2. The van der Waals surface area contributed by atoms with E-state index in [4.69, 9.17) is 4.74 Å². The van der Waals surface area contributed by atoms with Gasteiger partial charge in [0.25, 0.3) is 0 Å². The van der Waals surface area contributed by atoms with Crippen molar-refractivity contribution in [3.8, 4) is 0 Å². The lowest BCUT2D eigenvalue weighted by atomic mass is 9.92. The van der Waals surface area contributed by atoms with Crippen LogP contribution >= 0.6 is 0 Å². The highest BCUT2D eigenvalue weighted by Gasteiger charge is 2.45. The Balaban J connectivity index is 1.81. The Hall–Kier alpha value is -1.67. The Morgan fingerprint density at radius 2 is 2.07 bits per heavy atom. The molecule has 2 unspecified atom stereocenters. The third kappa shape index (κ3) is 4.27. The van der Waals surface area contributed by atoms with Gasteiger partial charge in [-0.1, -0.05) is 12.1 Å². The lowest BCUT2D eigenvalue weighted by Gasteiger charge is -2.38. The zero-order chi connectivity index (χ0) is 19.9. The summed E-state index contributed by atoms with van der Waals surface area (Å²) in [6.07, 6.45) is -4.00. The highest BCUT2D eigenvalue weighted by atomic mass is 32.2. The number of allylic oxidation sites excluding steroid dienone is 1. The maximum absolute atomic E-state index is 13.2. The average molecular weight is 401 g/mol. The molecule has 2 atom stereocenters. The van der Waals surface area contributed by atoms with E-state index in [9.17, 15) is 21.6 Å². The largest absolute Gasteiger partial charge is 0.394 e. The number of halogens is 3.